The van der Waals surface area contributed by atoms with Gasteiger partial charge < -0.3 is 5.73 Å². The maximum atomic E-state index is 6.24. The van der Waals surface area contributed by atoms with Gasteiger partial charge in [0.05, 0.1) is 0 Å². The van der Waals surface area contributed by atoms with Crippen LogP contribution in [0.4, 0.5) is 0 Å². The zero-order valence-corrected chi connectivity index (χ0v) is 13.4. The summed E-state index contributed by atoms with van der Waals surface area (Å²) in [7, 11) is 0. The molecule has 1 heterocycles. The van der Waals surface area contributed by atoms with E-state index in [9.17, 15) is 0 Å². The first-order valence-corrected chi connectivity index (χ1v) is 8.27. The molecule has 0 aromatic rings. The molecule has 1 saturated heterocycles. The van der Waals surface area contributed by atoms with Crippen LogP contribution in [0.2, 0.25) is 0 Å². The SMILES string of the molecule is CCC(C)CN(CC)C1(CN)CC(C)N(C2CC2)C1. The Morgan fingerprint density at radius 3 is 2.53 bits per heavy atom. The lowest BCUT2D eigenvalue weighted by molar-refractivity contribution is 0.0869. The minimum Gasteiger partial charge on any atom is -0.329 e. The summed E-state index contributed by atoms with van der Waals surface area (Å²) in [5.41, 5.74) is 6.48. The molecular weight excluding hydrogens is 234 g/mol. The number of rotatable bonds is 7. The summed E-state index contributed by atoms with van der Waals surface area (Å²) in [6.07, 6.45) is 5.33. The van der Waals surface area contributed by atoms with Crippen molar-refractivity contribution in [2.24, 2.45) is 11.7 Å². The molecule has 0 radical (unpaired) electrons. The van der Waals surface area contributed by atoms with Gasteiger partial charge in [0, 0.05) is 37.3 Å². The van der Waals surface area contributed by atoms with Crippen molar-refractivity contribution < 1.29 is 0 Å². The third-order valence-electron chi connectivity index (χ3n) is 5.40. The minimum absolute atomic E-state index is 0.236. The van der Waals surface area contributed by atoms with Crippen LogP contribution in [0, 0.1) is 5.92 Å². The highest BCUT2D eigenvalue weighted by Gasteiger charge is 2.48. The molecule has 0 amide bonds. The zero-order valence-electron chi connectivity index (χ0n) is 13.4. The quantitative estimate of drug-likeness (QED) is 0.768. The number of hydrogen-bond acceptors (Lipinski definition) is 3. The lowest BCUT2D eigenvalue weighted by atomic mass is 9.92. The highest BCUT2D eigenvalue weighted by Crippen LogP contribution is 2.39. The fraction of sp³-hybridized carbons (Fsp3) is 1.00. The molecule has 3 atom stereocenters. The monoisotopic (exact) mass is 267 g/mol. The van der Waals surface area contributed by atoms with E-state index < -0.39 is 0 Å². The average Bonchev–Trinajstić information content (AvgIpc) is 3.20. The Morgan fingerprint density at radius 1 is 1.37 bits per heavy atom. The van der Waals surface area contributed by atoms with Crippen LogP contribution in [0.1, 0.15) is 53.4 Å². The highest BCUT2D eigenvalue weighted by molar-refractivity contribution is 5.06. The first-order chi connectivity index (χ1) is 9.06. The number of nitrogens with zero attached hydrogens (tertiary/aromatic N) is 2. The predicted molar refractivity (Wildman–Crippen MR) is 82.3 cm³/mol. The molecule has 0 bridgehead atoms. The smallest absolute Gasteiger partial charge is 0.0473 e. The van der Waals surface area contributed by atoms with Gasteiger partial charge in [0.1, 0.15) is 0 Å². The molecule has 3 heteroatoms. The minimum atomic E-state index is 0.236. The van der Waals surface area contributed by atoms with Crippen molar-refractivity contribution in [3.8, 4) is 0 Å². The summed E-state index contributed by atoms with van der Waals surface area (Å²) in [6.45, 7) is 13.7. The molecule has 3 nitrogen and oxygen atoms in total. The summed E-state index contributed by atoms with van der Waals surface area (Å²) < 4.78 is 0. The van der Waals surface area contributed by atoms with Gasteiger partial charge in [-0.25, -0.2) is 0 Å². The maximum absolute atomic E-state index is 6.24. The summed E-state index contributed by atoms with van der Waals surface area (Å²) >= 11 is 0. The van der Waals surface area contributed by atoms with Crippen molar-refractivity contribution in [3.63, 3.8) is 0 Å². The first-order valence-electron chi connectivity index (χ1n) is 8.27. The molecule has 112 valence electrons. The van der Waals surface area contributed by atoms with Gasteiger partial charge in [0.15, 0.2) is 0 Å². The Kier molecular flexibility index (Phi) is 4.91. The Bertz CT molecular complexity index is 290. The van der Waals surface area contributed by atoms with Crippen LogP contribution in [0.25, 0.3) is 0 Å². The summed E-state index contributed by atoms with van der Waals surface area (Å²) in [5, 5.41) is 0. The second-order valence-corrected chi connectivity index (χ2v) is 6.94. The molecule has 2 fully saturated rings. The Hall–Kier alpha value is -0.120. The van der Waals surface area contributed by atoms with Gasteiger partial charge in [-0.05, 0) is 38.6 Å². The molecular formula is C16H33N3. The molecule has 2 rings (SSSR count). The van der Waals surface area contributed by atoms with E-state index in [2.05, 4.69) is 37.5 Å². The van der Waals surface area contributed by atoms with Crippen LogP contribution >= 0.6 is 0 Å². The van der Waals surface area contributed by atoms with Gasteiger partial charge >= 0.3 is 0 Å². The van der Waals surface area contributed by atoms with Crippen molar-refractivity contribution in [2.75, 3.05) is 26.2 Å². The van der Waals surface area contributed by atoms with E-state index in [-0.39, 0.29) is 5.54 Å². The zero-order chi connectivity index (χ0) is 14.0. The fourth-order valence-corrected chi connectivity index (χ4v) is 3.79. The predicted octanol–water partition coefficient (Wildman–Crippen LogP) is 2.31. The number of hydrogen-bond donors (Lipinski definition) is 1. The van der Waals surface area contributed by atoms with Crippen LogP contribution in [0.5, 0.6) is 0 Å². The molecule has 0 aromatic heterocycles. The molecule has 2 N–H and O–H groups in total. The van der Waals surface area contributed by atoms with Crippen molar-refractivity contribution in [3.05, 3.63) is 0 Å². The van der Waals surface area contributed by atoms with Gasteiger partial charge in [-0.1, -0.05) is 27.2 Å². The van der Waals surface area contributed by atoms with Crippen LogP contribution < -0.4 is 5.73 Å². The maximum Gasteiger partial charge on any atom is 0.0473 e. The van der Waals surface area contributed by atoms with Crippen molar-refractivity contribution in [1.82, 2.24) is 9.80 Å². The average molecular weight is 267 g/mol. The molecule has 0 spiro atoms. The molecule has 0 aromatic carbocycles. The van der Waals surface area contributed by atoms with E-state index in [1.54, 1.807) is 0 Å². The van der Waals surface area contributed by atoms with Crippen LogP contribution in [0.3, 0.4) is 0 Å². The molecule has 3 unspecified atom stereocenters. The molecule has 1 aliphatic carbocycles. The number of likely N-dealkylation sites (N-methyl/N-ethyl adjacent to an activating group) is 1. The standard InChI is InChI=1S/C16H33N3/c1-5-13(3)10-18(6-2)16(11-17)9-14(4)19(12-16)15-7-8-15/h13-15H,5-12,17H2,1-4H3. The summed E-state index contributed by atoms with van der Waals surface area (Å²) in [4.78, 5) is 5.41. The van der Waals surface area contributed by atoms with Crippen molar-refractivity contribution in [1.29, 1.82) is 0 Å². The lowest BCUT2D eigenvalue weighted by Crippen LogP contribution is -2.56. The first kappa shape index (κ1) is 15.3. The fourth-order valence-electron chi connectivity index (χ4n) is 3.79. The van der Waals surface area contributed by atoms with E-state index in [1.165, 1.54) is 38.8 Å². The van der Waals surface area contributed by atoms with E-state index in [0.717, 1.165) is 25.0 Å². The van der Waals surface area contributed by atoms with E-state index in [1.807, 2.05) is 0 Å². The van der Waals surface area contributed by atoms with Gasteiger partial charge in [-0.3, -0.25) is 9.80 Å². The van der Waals surface area contributed by atoms with Gasteiger partial charge in [-0.2, -0.15) is 0 Å². The van der Waals surface area contributed by atoms with Gasteiger partial charge in [0.2, 0.25) is 0 Å². The van der Waals surface area contributed by atoms with Crippen molar-refractivity contribution >= 4 is 0 Å². The van der Waals surface area contributed by atoms with Gasteiger partial charge in [0.25, 0.3) is 0 Å². The van der Waals surface area contributed by atoms with Crippen molar-refractivity contribution in [2.45, 2.75) is 71.0 Å². The molecule has 1 aliphatic heterocycles. The Morgan fingerprint density at radius 2 is 2.05 bits per heavy atom. The lowest BCUT2D eigenvalue weighted by Gasteiger charge is -2.41. The van der Waals surface area contributed by atoms with Crippen LogP contribution in [0.15, 0.2) is 0 Å². The molecule has 2 aliphatic rings. The van der Waals surface area contributed by atoms with E-state index in [4.69, 9.17) is 5.73 Å². The summed E-state index contributed by atoms with van der Waals surface area (Å²) in [5.74, 6) is 0.772. The second-order valence-electron chi connectivity index (χ2n) is 6.94. The third kappa shape index (κ3) is 3.14. The number of likely N-dealkylation sites (tertiary alicyclic amines) is 1. The van der Waals surface area contributed by atoms with Gasteiger partial charge in [-0.15, -0.1) is 0 Å². The molecule has 19 heavy (non-hydrogen) atoms. The van der Waals surface area contributed by atoms with E-state index in [0.29, 0.717) is 6.04 Å². The topological polar surface area (TPSA) is 32.5 Å². The highest BCUT2D eigenvalue weighted by atomic mass is 15.3. The normalized spacial score (nSPS) is 34.1. The largest absolute Gasteiger partial charge is 0.329 e. The Labute approximate surface area is 119 Å². The summed E-state index contributed by atoms with van der Waals surface area (Å²) in [6, 6.07) is 1.58. The van der Waals surface area contributed by atoms with E-state index >= 15 is 0 Å². The second kappa shape index (κ2) is 6.11. The van der Waals surface area contributed by atoms with Crippen LogP contribution in [-0.2, 0) is 0 Å². The Balaban J connectivity index is 2.07. The number of nitrogens with two attached hydrogens (primary N) is 1. The third-order valence-corrected chi connectivity index (χ3v) is 5.40. The van der Waals surface area contributed by atoms with Crippen LogP contribution in [-0.4, -0.2) is 53.6 Å². The molecule has 1 saturated carbocycles.